The van der Waals surface area contributed by atoms with Crippen molar-refractivity contribution in [3.8, 4) is 0 Å². The number of aromatic nitrogens is 2. The van der Waals surface area contributed by atoms with E-state index < -0.39 is 0 Å². The molecule has 0 amide bonds. The number of hydrogen-bond acceptors (Lipinski definition) is 4. The standard InChI is InChI=1S/C9H17N5O/c10-9(13-15)7-11-3-1-2-5-14-6-4-12-8-14/h4,6,8,11,15H,1-3,5,7H2,(H2,10,13). The molecule has 84 valence electrons. The summed E-state index contributed by atoms with van der Waals surface area (Å²) in [6, 6.07) is 0. The predicted molar refractivity (Wildman–Crippen MR) is 57.7 cm³/mol. The normalized spacial score (nSPS) is 11.9. The van der Waals surface area contributed by atoms with Gasteiger partial charge in [-0.2, -0.15) is 0 Å². The number of imidazole rings is 1. The molecule has 1 aromatic rings. The molecule has 0 bridgehead atoms. The van der Waals surface area contributed by atoms with Gasteiger partial charge in [-0.15, -0.1) is 0 Å². The first-order valence-electron chi connectivity index (χ1n) is 4.96. The van der Waals surface area contributed by atoms with Crippen molar-refractivity contribution in [3.63, 3.8) is 0 Å². The van der Waals surface area contributed by atoms with Gasteiger partial charge in [-0.1, -0.05) is 5.16 Å². The highest BCUT2D eigenvalue weighted by atomic mass is 16.4. The smallest absolute Gasteiger partial charge is 0.153 e. The van der Waals surface area contributed by atoms with Crippen LogP contribution in [-0.2, 0) is 6.54 Å². The highest BCUT2D eigenvalue weighted by Gasteiger charge is 1.93. The molecule has 0 atom stereocenters. The van der Waals surface area contributed by atoms with E-state index in [1.54, 1.807) is 6.20 Å². The van der Waals surface area contributed by atoms with E-state index in [-0.39, 0.29) is 5.84 Å². The van der Waals surface area contributed by atoms with Crippen molar-refractivity contribution in [2.45, 2.75) is 19.4 Å². The maximum atomic E-state index is 8.28. The van der Waals surface area contributed by atoms with Gasteiger partial charge in [0.05, 0.1) is 12.9 Å². The number of amidine groups is 1. The monoisotopic (exact) mass is 211 g/mol. The van der Waals surface area contributed by atoms with E-state index >= 15 is 0 Å². The lowest BCUT2D eigenvalue weighted by Gasteiger charge is -2.04. The van der Waals surface area contributed by atoms with Crippen molar-refractivity contribution in [3.05, 3.63) is 18.7 Å². The van der Waals surface area contributed by atoms with E-state index in [0.717, 1.165) is 25.9 Å². The van der Waals surface area contributed by atoms with Crippen LogP contribution in [0.4, 0.5) is 0 Å². The number of nitrogens with two attached hydrogens (primary N) is 1. The first-order chi connectivity index (χ1) is 7.33. The lowest BCUT2D eigenvalue weighted by Crippen LogP contribution is -2.29. The Morgan fingerprint density at radius 2 is 2.40 bits per heavy atom. The SMILES string of the molecule is NC(CNCCCCn1ccnc1)=NO. The third kappa shape index (κ3) is 5.02. The number of hydrogen-bond donors (Lipinski definition) is 3. The van der Waals surface area contributed by atoms with E-state index in [1.165, 1.54) is 0 Å². The van der Waals surface area contributed by atoms with Gasteiger partial charge in [0, 0.05) is 18.9 Å². The molecule has 6 nitrogen and oxygen atoms in total. The molecule has 0 fully saturated rings. The molecule has 0 aliphatic rings. The van der Waals surface area contributed by atoms with E-state index in [4.69, 9.17) is 10.9 Å². The lowest BCUT2D eigenvalue weighted by atomic mass is 10.3. The summed E-state index contributed by atoms with van der Waals surface area (Å²) in [5.74, 6) is 0.213. The molecule has 0 aromatic carbocycles. The Kier molecular flexibility index (Phi) is 5.24. The Bertz CT molecular complexity index is 283. The van der Waals surface area contributed by atoms with E-state index in [0.29, 0.717) is 6.54 Å². The summed E-state index contributed by atoms with van der Waals surface area (Å²) >= 11 is 0. The highest BCUT2D eigenvalue weighted by Crippen LogP contribution is 1.93. The quantitative estimate of drug-likeness (QED) is 0.195. The minimum atomic E-state index is 0.213. The van der Waals surface area contributed by atoms with Gasteiger partial charge < -0.3 is 20.8 Å². The van der Waals surface area contributed by atoms with Crippen LogP contribution < -0.4 is 11.1 Å². The Morgan fingerprint density at radius 3 is 3.07 bits per heavy atom. The predicted octanol–water partition coefficient (Wildman–Crippen LogP) is -0.000700. The zero-order valence-electron chi connectivity index (χ0n) is 8.63. The third-order valence-corrected chi connectivity index (χ3v) is 2.01. The Hall–Kier alpha value is -1.56. The fourth-order valence-electron chi connectivity index (χ4n) is 1.22. The lowest BCUT2D eigenvalue weighted by molar-refractivity contribution is 0.317. The van der Waals surface area contributed by atoms with Crippen LogP contribution in [0, 0.1) is 0 Å². The molecule has 1 rings (SSSR count). The number of nitrogens with one attached hydrogen (secondary N) is 1. The topological polar surface area (TPSA) is 88.5 Å². The molecule has 0 radical (unpaired) electrons. The molecule has 6 heteroatoms. The van der Waals surface area contributed by atoms with Crippen molar-refractivity contribution in [2.75, 3.05) is 13.1 Å². The summed E-state index contributed by atoms with van der Waals surface area (Å²) in [5, 5.41) is 14.2. The molecule has 1 heterocycles. The first kappa shape index (κ1) is 11.5. The van der Waals surface area contributed by atoms with Crippen LogP contribution >= 0.6 is 0 Å². The summed E-state index contributed by atoms with van der Waals surface area (Å²) in [7, 11) is 0. The second kappa shape index (κ2) is 6.83. The summed E-state index contributed by atoms with van der Waals surface area (Å²) in [6.07, 6.45) is 7.67. The van der Waals surface area contributed by atoms with Gasteiger partial charge in [-0.25, -0.2) is 4.98 Å². The Morgan fingerprint density at radius 1 is 1.53 bits per heavy atom. The van der Waals surface area contributed by atoms with Crippen LogP contribution in [0.15, 0.2) is 23.9 Å². The van der Waals surface area contributed by atoms with Gasteiger partial charge in [0.1, 0.15) is 0 Å². The number of oxime groups is 1. The van der Waals surface area contributed by atoms with Crippen LogP contribution in [0.25, 0.3) is 0 Å². The molecule has 0 spiro atoms. The second-order valence-corrected chi connectivity index (χ2v) is 3.28. The molecule has 15 heavy (non-hydrogen) atoms. The molecule has 0 aliphatic carbocycles. The summed E-state index contributed by atoms with van der Waals surface area (Å²) in [6.45, 7) is 2.28. The number of nitrogens with zero attached hydrogens (tertiary/aromatic N) is 3. The summed E-state index contributed by atoms with van der Waals surface area (Å²) in [4.78, 5) is 3.96. The average Bonchev–Trinajstić information content (AvgIpc) is 2.75. The maximum Gasteiger partial charge on any atom is 0.153 e. The van der Waals surface area contributed by atoms with E-state index in [1.807, 2.05) is 17.1 Å². The van der Waals surface area contributed by atoms with Crippen LogP contribution in [0.1, 0.15) is 12.8 Å². The molecule has 0 saturated heterocycles. The minimum absolute atomic E-state index is 0.213. The van der Waals surface area contributed by atoms with Gasteiger partial charge in [0.15, 0.2) is 5.84 Å². The molecule has 0 aliphatic heterocycles. The molecular weight excluding hydrogens is 194 g/mol. The fourth-order valence-corrected chi connectivity index (χ4v) is 1.22. The first-order valence-corrected chi connectivity index (χ1v) is 4.96. The van der Waals surface area contributed by atoms with Crippen molar-refractivity contribution in [1.82, 2.24) is 14.9 Å². The van der Waals surface area contributed by atoms with Crippen LogP contribution in [-0.4, -0.2) is 33.7 Å². The van der Waals surface area contributed by atoms with Crippen molar-refractivity contribution in [2.24, 2.45) is 10.9 Å². The van der Waals surface area contributed by atoms with Crippen molar-refractivity contribution < 1.29 is 5.21 Å². The van der Waals surface area contributed by atoms with Gasteiger partial charge in [-0.3, -0.25) is 0 Å². The Balaban J connectivity index is 1.94. The molecule has 0 saturated carbocycles. The van der Waals surface area contributed by atoms with Gasteiger partial charge >= 0.3 is 0 Å². The maximum absolute atomic E-state index is 8.28. The van der Waals surface area contributed by atoms with Crippen molar-refractivity contribution in [1.29, 1.82) is 0 Å². The largest absolute Gasteiger partial charge is 0.409 e. The van der Waals surface area contributed by atoms with Crippen LogP contribution in [0.2, 0.25) is 0 Å². The van der Waals surface area contributed by atoms with E-state index in [9.17, 15) is 0 Å². The van der Waals surface area contributed by atoms with Crippen molar-refractivity contribution >= 4 is 5.84 Å². The third-order valence-electron chi connectivity index (χ3n) is 2.01. The van der Waals surface area contributed by atoms with Gasteiger partial charge in [-0.05, 0) is 19.4 Å². The highest BCUT2D eigenvalue weighted by molar-refractivity contribution is 5.81. The Labute approximate surface area is 88.8 Å². The molecular formula is C9H17N5O. The van der Waals surface area contributed by atoms with Crippen LogP contribution in [0.5, 0.6) is 0 Å². The molecule has 1 aromatic heterocycles. The second-order valence-electron chi connectivity index (χ2n) is 3.28. The zero-order chi connectivity index (χ0) is 10.9. The summed E-state index contributed by atoms with van der Waals surface area (Å²) in [5.41, 5.74) is 5.29. The van der Waals surface area contributed by atoms with E-state index in [2.05, 4.69) is 15.5 Å². The fraction of sp³-hybridized carbons (Fsp3) is 0.556. The zero-order valence-corrected chi connectivity index (χ0v) is 8.63. The minimum Gasteiger partial charge on any atom is -0.409 e. The molecule has 4 N–H and O–H groups in total. The molecule has 0 unspecified atom stereocenters. The van der Waals surface area contributed by atoms with Gasteiger partial charge in [0.25, 0.3) is 0 Å². The van der Waals surface area contributed by atoms with Crippen LogP contribution in [0.3, 0.4) is 0 Å². The number of unbranched alkanes of at least 4 members (excludes halogenated alkanes) is 1. The van der Waals surface area contributed by atoms with Gasteiger partial charge in [0.2, 0.25) is 0 Å². The number of aryl methyl sites for hydroxylation is 1. The summed E-state index contributed by atoms with van der Waals surface area (Å²) < 4.78 is 2.05. The average molecular weight is 211 g/mol. The number of rotatable bonds is 7.